The Kier molecular flexibility index (Phi) is 7.78. The fourth-order valence-electron chi connectivity index (χ4n) is 2.94. The van der Waals surface area contributed by atoms with Crippen molar-refractivity contribution in [3.8, 4) is 11.5 Å². The van der Waals surface area contributed by atoms with Crippen molar-refractivity contribution in [3.05, 3.63) is 82.6 Å². The number of ether oxygens (including phenoxy) is 2. The van der Waals surface area contributed by atoms with Gasteiger partial charge in [0.05, 0.1) is 29.3 Å². The van der Waals surface area contributed by atoms with Gasteiger partial charge in [-0.2, -0.15) is 0 Å². The fraction of sp³-hybridized carbons (Fsp3) is 0.174. The van der Waals surface area contributed by atoms with E-state index < -0.39 is 21.7 Å². The summed E-state index contributed by atoms with van der Waals surface area (Å²) in [5.74, 6) is 0.163. The Labute approximate surface area is 196 Å². The number of anilines is 1. The molecule has 0 saturated carbocycles. The van der Waals surface area contributed by atoms with Crippen LogP contribution in [0.4, 0.5) is 10.1 Å². The molecule has 3 aromatic carbocycles. The number of rotatable bonds is 9. The summed E-state index contributed by atoms with van der Waals surface area (Å²) in [6, 6.07) is 13.9. The Morgan fingerprint density at radius 1 is 1.03 bits per heavy atom. The normalized spacial score (nSPS) is 11.0. The molecule has 0 spiro atoms. The molecule has 0 aliphatic rings. The van der Waals surface area contributed by atoms with Gasteiger partial charge in [-0.15, -0.1) is 0 Å². The van der Waals surface area contributed by atoms with Gasteiger partial charge in [0.25, 0.3) is 15.9 Å². The molecular formula is C23H22ClFN2O5S. The van der Waals surface area contributed by atoms with Crippen molar-refractivity contribution in [2.24, 2.45) is 0 Å². The van der Waals surface area contributed by atoms with Crippen LogP contribution in [0.3, 0.4) is 0 Å². The summed E-state index contributed by atoms with van der Waals surface area (Å²) in [4.78, 5) is 12.5. The summed E-state index contributed by atoms with van der Waals surface area (Å²) >= 11 is 6.12. The van der Waals surface area contributed by atoms with E-state index in [4.69, 9.17) is 21.1 Å². The van der Waals surface area contributed by atoms with E-state index in [9.17, 15) is 17.6 Å². The topological polar surface area (TPSA) is 93.7 Å². The third-order valence-electron chi connectivity index (χ3n) is 4.58. The highest BCUT2D eigenvalue weighted by molar-refractivity contribution is 7.92. The number of carbonyl (C=O) groups is 1. The maximum atomic E-state index is 13.1. The van der Waals surface area contributed by atoms with Crippen LogP contribution in [0, 0.1) is 5.82 Å². The van der Waals surface area contributed by atoms with Gasteiger partial charge in [0, 0.05) is 12.1 Å². The first kappa shape index (κ1) is 24.3. The second-order valence-electron chi connectivity index (χ2n) is 6.85. The summed E-state index contributed by atoms with van der Waals surface area (Å²) in [6.07, 6.45) is 0. The zero-order chi connectivity index (χ0) is 24.0. The van der Waals surface area contributed by atoms with Gasteiger partial charge in [-0.05, 0) is 67.1 Å². The molecule has 33 heavy (non-hydrogen) atoms. The average Bonchev–Trinajstić information content (AvgIpc) is 2.80. The van der Waals surface area contributed by atoms with E-state index in [0.29, 0.717) is 18.1 Å². The molecule has 7 nitrogen and oxygen atoms in total. The lowest BCUT2D eigenvalue weighted by molar-refractivity contribution is 0.0951. The van der Waals surface area contributed by atoms with Crippen LogP contribution in [0.15, 0.2) is 65.6 Å². The predicted molar refractivity (Wildman–Crippen MR) is 124 cm³/mol. The van der Waals surface area contributed by atoms with Crippen molar-refractivity contribution >= 4 is 33.2 Å². The van der Waals surface area contributed by atoms with Crippen LogP contribution >= 0.6 is 11.6 Å². The summed E-state index contributed by atoms with van der Waals surface area (Å²) in [5.41, 5.74) is 1.01. The molecule has 0 bridgehead atoms. The Morgan fingerprint density at radius 3 is 2.42 bits per heavy atom. The molecule has 0 radical (unpaired) electrons. The Balaban J connectivity index is 1.73. The summed E-state index contributed by atoms with van der Waals surface area (Å²) < 4.78 is 51.4. The lowest BCUT2D eigenvalue weighted by Gasteiger charge is -2.13. The number of hydrogen-bond acceptors (Lipinski definition) is 5. The molecule has 10 heteroatoms. The van der Waals surface area contributed by atoms with E-state index in [1.165, 1.54) is 25.3 Å². The maximum absolute atomic E-state index is 13.1. The van der Waals surface area contributed by atoms with E-state index in [2.05, 4.69) is 10.0 Å². The summed E-state index contributed by atoms with van der Waals surface area (Å²) in [6.45, 7) is 2.57. The van der Waals surface area contributed by atoms with Crippen molar-refractivity contribution in [1.82, 2.24) is 5.32 Å². The van der Waals surface area contributed by atoms with Crippen LogP contribution in [0.1, 0.15) is 22.8 Å². The van der Waals surface area contributed by atoms with Gasteiger partial charge < -0.3 is 14.8 Å². The fourth-order valence-corrected chi connectivity index (χ4v) is 4.23. The SMILES string of the molecule is CCOc1ccc(CNC(=O)c2ccc(Cl)c(NS(=O)(=O)c3ccc(F)cc3)c2)cc1OC. The van der Waals surface area contributed by atoms with E-state index >= 15 is 0 Å². The highest BCUT2D eigenvalue weighted by Crippen LogP contribution is 2.28. The van der Waals surface area contributed by atoms with Crippen molar-refractivity contribution in [1.29, 1.82) is 0 Å². The molecular weight excluding hydrogens is 471 g/mol. The van der Waals surface area contributed by atoms with Gasteiger partial charge in [0.2, 0.25) is 0 Å². The summed E-state index contributed by atoms with van der Waals surface area (Å²) in [5, 5.41) is 2.87. The Morgan fingerprint density at radius 2 is 1.76 bits per heavy atom. The van der Waals surface area contributed by atoms with Crippen molar-refractivity contribution in [2.75, 3.05) is 18.4 Å². The predicted octanol–water partition coefficient (Wildman–Crippen LogP) is 4.62. The lowest BCUT2D eigenvalue weighted by Crippen LogP contribution is -2.23. The van der Waals surface area contributed by atoms with Crippen molar-refractivity contribution < 1.29 is 27.1 Å². The standard InChI is InChI=1S/C23H22ClFN2O5S/c1-3-32-21-11-4-15(12-22(21)31-2)14-26-23(28)16-5-10-19(24)20(13-16)27-33(29,30)18-8-6-17(25)7-9-18/h4-13,27H,3,14H2,1-2H3,(H,26,28). The molecule has 2 N–H and O–H groups in total. The molecule has 0 saturated heterocycles. The van der Waals surface area contributed by atoms with E-state index in [-0.39, 0.29) is 27.7 Å². The highest BCUT2D eigenvalue weighted by Gasteiger charge is 2.17. The van der Waals surface area contributed by atoms with Crippen LogP contribution in [0.2, 0.25) is 5.02 Å². The molecule has 0 unspecified atom stereocenters. The lowest BCUT2D eigenvalue weighted by atomic mass is 10.1. The minimum Gasteiger partial charge on any atom is -0.493 e. The first-order valence-electron chi connectivity index (χ1n) is 9.89. The number of halogens is 2. The third-order valence-corrected chi connectivity index (χ3v) is 6.29. The average molecular weight is 493 g/mol. The number of sulfonamides is 1. The summed E-state index contributed by atoms with van der Waals surface area (Å²) in [7, 11) is -2.50. The van der Waals surface area contributed by atoms with Gasteiger partial charge in [0.15, 0.2) is 11.5 Å². The molecule has 0 aliphatic carbocycles. The molecule has 3 rings (SSSR count). The second-order valence-corrected chi connectivity index (χ2v) is 8.94. The Hall–Kier alpha value is -3.30. The zero-order valence-electron chi connectivity index (χ0n) is 17.9. The van der Waals surface area contributed by atoms with E-state index in [0.717, 1.165) is 29.8 Å². The van der Waals surface area contributed by atoms with Crippen LogP contribution in [-0.2, 0) is 16.6 Å². The van der Waals surface area contributed by atoms with Crippen LogP contribution in [0.25, 0.3) is 0 Å². The Bertz CT molecular complexity index is 1250. The maximum Gasteiger partial charge on any atom is 0.261 e. The minimum absolute atomic E-state index is 0.0244. The number of benzene rings is 3. The molecule has 0 aromatic heterocycles. The largest absolute Gasteiger partial charge is 0.493 e. The molecule has 0 fully saturated rings. The van der Waals surface area contributed by atoms with Crippen LogP contribution < -0.4 is 19.5 Å². The smallest absolute Gasteiger partial charge is 0.261 e. The van der Waals surface area contributed by atoms with Gasteiger partial charge in [-0.25, -0.2) is 12.8 Å². The van der Waals surface area contributed by atoms with Crippen LogP contribution in [-0.4, -0.2) is 28.0 Å². The molecule has 0 heterocycles. The zero-order valence-corrected chi connectivity index (χ0v) is 19.5. The monoisotopic (exact) mass is 492 g/mol. The number of hydrogen-bond donors (Lipinski definition) is 2. The van der Waals surface area contributed by atoms with Gasteiger partial charge in [-0.3, -0.25) is 9.52 Å². The number of methoxy groups -OCH3 is 1. The van der Waals surface area contributed by atoms with Crippen LogP contribution in [0.5, 0.6) is 11.5 Å². The van der Waals surface area contributed by atoms with E-state index in [1.807, 2.05) is 6.92 Å². The second kappa shape index (κ2) is 10.5. The first-order valence-corrected chi connectivity index (χ1v) is 11.8. The van der Waals surface area contributed by atoms with Gasteiger partial charge >= 0.3 is 0 Å². The number of nitrogens with one attached hydrogen (secondary N) is 2. The van der Waals surface area contributed by atoms with Crippen molar-refractivity contribution in [3.63, 3.8) is 0 Å². The molecule has 1 amide bonds. The van der Waals surface area contributed by atoms with Crippen molar-refractivity contribution in [2.45, 2.75) is 18.4 Å². The van der Waals surface area contributed by atoms with Gasteiger partial charge in [-0.1, -0.05) is 17.7 Å². The quantitative estimate of drug-likeness (QED) is 0.454. The third kappa shape index (κ3) is 6.15. The molecule has 174 valence electrons. The molecule has 0 atom stereocenters. The highest BCUT2D eigenvalue weighted by atomic mass is 35.5. The minimum atomic E-state index is -4.03. The first-order chi connectivity index (χ1) is 15.7. The number of amides is 1. The van der Waals surface area contributed by atoms with Gasteiger partial charge in [0.1, 0.15) is 5.82 Å². The molecule has 0 aliphatic heterocycles. The van der Waals surface area contributed by atoms with E-state index in [1.54, 1.807) is 18.2 Å². The molecule has 3 aromatic rings. The number of carbonyl (C=O) groups excluding carboxylic acids is 1.